The lowest BCUT2D eigenvalue weighted by Crippen LogP contribution is -2.48. The predicted molar refractivity (Wildman–Crippen MR) is 85.0 cm³/mol. The van der Waals surface area contributed by atoms with Crippen molar-refractivity contribution in [2.45, 2.75) is 32.5 Å². The van der Waals surface area contributed by atoms with Crippen LogP contribution in [-0.4, -0.2) is 16.8 Å². The third-order valence-electron chi connectivity index (χ3n) is 4.55. The van der Waals surface area contributed by atoms with Gasteiger partial charge >= 0.3 is 0 Å². The zero-order valence-electron chi connectivity index (χ0n) is 13.9. The Morgan fingerprint density at radius 2 is 1.54 bits per heavy atom. The van der Waals surface area contributed by atoms with Crippen LogP contribution in [0, 0.1) is 29.1 Å². The number of nitrogens with zero attached hydrogens (tertiary/aromatic N) is 1. The van der Waals surface area contributed by atoms with Crippen LogP contribution in [0.1, 0.15) is 42.4 Å². The minimum atomic E-state index is -2.23. The zero-order valence-corrected chi connectivity index (χ0v) is 13.9. The Hall–Kier alpha value is -2.64. The van der Waals surface area contributed by atoms with E-state index in [2.05, 4.69) is 5.32 Å². The lowest BCUT2D eigenvalue weighted by molar-refractivity contribution is 0.0583. The molecular weight excluding hydrogens is 355 g/mol. The minimum absolute atomic E-state index is 0.256. The van der Waals surface area contributed by atoms with E-state index in [0.29, 0.717) is 6.42 Å². The highest BCUT2D eigenvalue weighted by atomic mass is 19.2. The summed E-state index contributed by atoms with van der Waals surface area (Å²) in [7, 11) is 0. The van der Waals surface area contributed by atoms with Crippen molar-refractivity contribution in [3.05, 3.63) is 64.5 Å². The standard InChI is InChI=1S/C18H15F5N2O/c1-3-8(2)25-17(24-10-7-5-4-6-9(10)18(25)26)11-12(19)14(21)16(23)15(22)13(11)20/h4-8,17,24H,3H2,1-2H3/t8-,17-/m0/s1. The molecule has 2 aromatic rings. The minimum Gasteiger partial charge on any atom is -0.361 e. The molecule has 2 atom stereocenters. The number of hydrogen-bond acceptors (Lipinski definition) is 2. The summed E-state index contributed by atoms with van der Waals surface area (Å²) in [5, 5.41) is 2.73. The average Bonchev–Trinajstić information content (AvgIpc) is 2.64. The third-order valence-corrected chi connectivity index (χ3v) is 4.55. The Morgan fingerprint density at radius 1 is 1.00 bits per heavy atom. The van der Waals surface area contributed by atoms with E-state index in [-0.39, 0.29) is 11.3 Å². The van der Waals surface area contributed by atoms with Gasteiger partial charge in [-0.15, -0.1) is 0 Å². The number of para-hydroxylation sites is 1. The highest BCUT2D eigenvalue weighted by Crippen LogP contribution is 2.38. The molecule has 2 aromatic carbocycles. The molecule has 0 bridgehead atoms. The second kappa shape index (κ2) is 6.59. The van der Waals surface area contributed by atoms with E-state index >= 15 is 0 Å². The van der Waals surface area contributed by atoms with E-state index in [9.17, 15) is 26.7 Å². The van der Waals surface area contributed by atoms with Crippen LogP contribution in [-0.2, 0) is 0 Å². The molecule has 0 unspecified atom stereocenters. The summed E-state index contributed by atoms with van der Waals surface area (Å²) < 4.78 is 69.4. The fourth-order valence-corrected chi connectivity index (χ4v) is 2.99. The van der Waals surface area contributed by atoms with Crippen LogP contribution in [0.4, 0.5) is 27.6 Å². The quantitative estimate of drug-likeness (QED) is 0.481. The van der Waals surface area contributed by atoms with Crippen molar-refractivity contribution in [3.8, 4) is 0 Å². The Labute approximate surface area is 146 Å². The maximum absolute atomic E-state index is 14.3. The normalized spacial score (nSPS) is 17.7. The number of nitrogens with one attached hydrogen (secondary N) is 1. The molecule has 138 valence electrons. The lowest BCUT2D eigenvalue weighted by Gasteiger charge is -2.41. The van der Waals surface area contributed by atoms with Gasteiger partial charge in [-0.25, -0.2) is 22.0 Å². The number of carbonyl (C=O) groups is 1. The fourth-order valence-electron chi connectivity index (χ4n) is 2.99. The van der Waals surface area contributed by atoms with Gasteiger partial charge in [0.15, 0.2) is 23.3 Å². The van der Waals surface area contributed by atoms with Gasteiger partial charge in [-0.2, -0.15) is 0 Å². The van der Waals surface area contributed by atoms with E-state index < -0.39 is 52.8 Å². The second-order valence-corrected chi connectivity index (χ2v) is 6.05. The molecule has 8 heteroatoms. The van der Waals surface area contributed by atoms with E-state index in [1.807, 2.05) is 0 Å². The first-order valence-corrected chi connectivity index (χ1v) is 7.99. The first-order valence-electron chi connectivity index (χ1n) is 7.99. The van der Waals surface area contributed by atoms with Gasteiger partial charge in [0.25, 0.3) is 5.91 Å². The highest BCUT2D eigenvalue weighted by molar-refractivity contribution is 6.01. The molecule has 1 N–H and O–H groups in total. The van der Waals surface area contributed by atoms with Gasteiger partial charge in [0.05, 0.1) is 11.1 Å². The van der Waals surface area contributed by atoms with E-state index in [1.165, 1.54) is 12.1 Å². The third kappa shape index (κ3) is 2.60. The number of rotatable bonds is 3. The van der Waals surface area contributed by atoms with Crippen LogP contribution in [0.3, 0.4) is 0 Å². The van der Waals surface area contributed by atoms with Crippen molar-refractivity contribution in [1.29, 1.82) is 0 Å². The monoisotopic (exact) mass is 370 g/mol. The maximum atomic E-state index is 14.3. The van der Waals surface area contributed by atoms with Gasteiger partial charge in [0, 0.05) is 11.7 Å². The van der Waals surface area contributed by atoms with Crippen molar-refractivity contribution < 1.29 is 26.7 Å². The Balaban J connectivity index is 2.25. The average molecular weight is 370 g/mol. The zero-order chi connectivity index (χ0) is 19.2. The number of anilines is 1. The molecule has 0 spiro atoms. The van der Waals surface area contributed by atoms with Crippen LogP contribution in [0.15, 0.2) is 24.3 Å². The van der Waals surface area contributed by atoms with Gasteiger partial charge in [0.2, 0.25) is 5.82 Å². The number of fused-ring (bicyclic) bond motifs is 1. The lowest BCUT2D eigenvalue weighted by atomic mass is 9.99. The summed E-state index contributed by atoms with van der Waals surface area (Å²) in [5.41, 5.74) is -0.566. The van der Waals surface area contributed by atoms with E-state index in [1.54, 1.807) is 26.0 Å². The molecule has 1 heterocycles. The summed E-state index contributed by atoms with van der Waals surface area (Å²) in [4.78, 5) is 13.9. The summed E-state index contributed by atoms with van der Waals surface area (Å²) in [5.74, 6) is -10.8. The Bertz CT molecular complexity index is 857. The predicted octanol–water partition coefficient (Wildman–Crippen LogP) is 4.75. The number of amides is 1. The smallest absolute Gasteiger partial charge is 0.258 e. The number of halogens is 5. The molecule has 1 aliphatic rings. The molecule has 0 radical (unpaired) electrons. The number of carbonyl (C=O) groups excluding carboxylic acids is 1. The van der Waals surface area contributed by atoms with E-state index in [0.717, 1.165) is 4.90 Å². The summed E-state index contributed by atoms with van der Waals surface area (Å²) in [6.45, 7) is 3.38. The van der Waals surface area contributed by atoms with Gasteiger partial charge < -0.3 is 10.2 Å². The topological polar surface area (TPSA) is 32.3 Å². The van der Waals surface area contributed by atoms with E-state index in [4.69, 9.17) is 0 Å². The summed E-state index contributed by atoms with van der Waals surface area (Å²) in [6, 6.07) is 5.72. The molecule has 0 fully saturated rings. The van der Waals surface area contributed by atoms with Crippen LogP contribution in [0.25, 0.3) is 0 Å². The molecule has 3 rings (SSSR count). The Morgan fingerprint density at radius 3 is 2.12 bits per heavy atom. The molecule has 1 aliphatic heterocycles. The molecule has 0 saturated heterocycles. The van der Waals surface area contributed by atoms with Crippen molar-refractivity contribution >= 4 is 11.6 Å². The van der Waals surface area contributed by atoms with Crippen LogP contribution < -0.4 is 5.32 Å². The van der Waals surface area contributed by atoms with Gasteiger partial charge in [-0.05, 0) is 25.5 Å². The van der Waals surface area contributed by atoms with Crippen molar-refractivity contribution in [3.63, 3.8) is 0 Å². The van der Waals surface area contributed by atoms with Crippen LogP contribution in [0.2, 0.25) is 0 Å². The highest BCUT2D eigenvalue weighted by Gasteiger charge is 2.40. The van der Waals surface area contributed by atoms with Crippen molar-refractivity contribution in [1.82, 2.24) is 4.90 Å². The van der Waals surface area contributed by atoms with Gasteiger partial charge in [0.1, 0.15) is 6.17 Å². The summed E-state index contributed by atoms with van der Waals surface area (Å²) >= 11 is 0. The molecular formula is C18H15F5N2O. The first kappa shape index (κ1) is 18.2. The fraction of sp³-hybridized carbons (Fsp3) is 0.278. The maximum Gasteiger partial charge on any atom is 0.258 e. The second-order valence-electron chi connectivity index (χ2n) is 6.05. The van der Waals surface area contributed by atoms with Gasteiger partial charge in [-0.1, -0.05) is 19.1 Å². The van der Waals surface area contributed by atoms with Crippen LogP contribution >= 0.6 is 0 Å². The van der Waals surface area contributed by atoms with Crippen LogP contribution in [0.5, 0.6) is 0 Å². The van der Waals surface area contributed by atoms with Gasteiger partial charge in [-0.3, -0.25) is 4.79 Å². The molecule has 0 saturated carbocycles. The molecule has 26 heavy (non-hydrogen) atoms. The number of hydrogen-bond donors (Lipinski definition) is 1. The molecule has 0 aromatic heterocycles. The molecule has 3 nitrogen and oxygen atoms in total. The van der Waals surface area contributed by atoms with Crippen molar-refractivity contribution in [2.24, 2.45) is 0 Å². The summed E-state index contributed by atoms with van der Waals surface area (Å²) in [6.07, 6.45) is -1.11. The Kier molecular flexibility index (Phi) is 4.60. The molecule has 1 amide bonds. The first-order chi connectivity index (χ1) is 12.3. The number of benzene rings is 2. The largest absolute Gasteiger partial charge is 0.361 e. The van der Waals surface area contributed by atoms with Crippen molar-refractivity contribution in [2.75, 3.05) is 5.32 Å². The molecule has 0 aliphatic carbocycles. The SMILES string of the molecule is CC[C@H](C)N1C(=O)c2ccccc2N[C@@H]1c1c(F)c(F)c(F)c(F)c1F.